The normalized spacial score (nSPS) is 19.1. The maximum atomic E-state index is 14.3. The van der Waals surface area contributed by atoms with Gasteiger partial charge in [0.25, 0.3) is 0 Å². The molecule has 60 heavy (non-hydrogen) atoms. The molecule has 3 N–H and O–H groups in total. The summed E-state index contributed by atoms with van der Waals surface area (Å²) in [5.41, 5.74) is 1.72. The third-order valence-electron chi connectivity index (χ3n) is 10.3. The molecule has 0 bridgehead atoms. The summed E-state index contributed by atoms with van der Waals surface area (Å²) in [4.78, 5) is 46.0. The molecule has 312 valence electrons. The van der Waals surface area contributed by atoms with E-state index in [1.165, 1.54) is 24.8 Å². The largest absolute Gasteiger partial charge is 0.489 e. The van der Waals surface area contributed by atoms with Crippen molar-refractivity contribution in [1.29, 1.82) is 0 Å². The molecule has 0 radical (unpaired) electrons. The van der Waals surface area contributed by atoms with Crippen LogP contribution in [0.5, 0.6) is 11.5 Å². The number of carbonyl (C=O) groups excluding carboxylic acids is 1. The quantitative estimate of drug-likeness (QED) is 0.125. The molecule has 2 fully saturated rings. The number of likely N-dealkylation sites (tertiary alicyclic amines) is 2. The number of fused-ring (bicyclic) bond motifs is 2. The summed E-state index contributed by atoms with van der Waals surface area (Å²) in [6.07, 6.45) is 3.49. The lowest BCUT2D eigenvalue weighted by Gasteiger charge is -2.21. The molecule has 14 nitrogen and oxygen atoms in total. The molecule has 2 aromatic heterocycles. The van der Waals surface area contributed by atoms with Gasteiger partial charge in [-0.1, -0.05) is 35.3 Å². The number of amides is 1. The van der Waals surface area contributed by atoms with Gasteiger partial charge >= 0.3 is 5.97 Å². The van der Waals surface area contributed by atoms with E-state index in [0.29, 0.717) is 65.5 Å². The number of benzene rings is 4. The molecule has 0 unspecified atom stereocenters. The van der Waals surface area contributed by atoms with Crippen LogP contribution in [-0.4, -0.2) is 117 Å². The number of halogens is 4. The molecule has 4 atom stereocenters. The van der Waals surface area contributed by atoms with Crippen LogP contribution in [0.1, 0.15) is 12.8 Å². The molecule has 0 saturated carbocycles. The number of nitrogens with zero attached hydrogens (tertiary/aromatic N) is 7. The van der Waals surface area contributed by atoms with Gasteiger partial charge in [-0.25, -0.2) is 28.7 Å². The number of carbonyl (C=O) groups is 2. The Balaban J connectivity index is 0.000000182. The molecular formula is C42H41Cl2F2N9O5. The third-order valence-corrected chi connectivity index (χ3v) is 10.8. The number of hydrogen-bond acceptors (Lipinski definition) is 12. The highest BCUT2D eigenvalue weighted by Gasteiger charge is 2.37. The van der Waals surface area contributed by atoms with Gasteiger partial charge in [0.2, 0.25) is 5.91 Å². The molecular weight excluding hydrogens is 819 g/mol. The number of aromatic nitrogens is 4. The Bertz CT molecular complexity index is 2550. The maximum absolute atomic E-state index is 14.3. The Hall–Kier alpha value is -5.94. The molecule has 1 amide bonds. The number of likely N-dealkylation sites (N-methyl/N-ethyl adjacent to an activating group) is 3. The van der Waals surface area contributed by atoms with Gasteiger partial charge in [0, 0.05) is 62.9 Å². The van der Waals surface area contributed by atoms with E-state index >= 15 is 0 Å². The highest BCUT2D eigenvalue weighted by molar-refractivity contribution is 6.31. The van der Waals surface area contributed by atoms with Crippen LogP contribution in [0.15, 0.2) is 85.5 Å². The second-order valence-electron chi connectivity index (χ2n) is 14.7. The first kappa shape index (κ1) is 42.2. The summed E-state index contributed by atoms with van der Waals surface area (Å²) in [6, 6.07) is 19.5. The fourth-order valence-electron chi connectivity index (χ4n) is 7.21. The number of nitrogens with one attached hydrogen (secondary N) is 2. The van der Waals surface area contributed by atoms with Crippen LogP contribution in [0.2, 0.25) is 10.0 Å². The van der Waals surface area contributed by atoms with Gasteiger partial charge in [-0.15, -0.1) is 0 Å². The lowest BCUT2D eigenvalue weighted by atomic mass is 10.1. The zero-order chi connectivity index (χ0) is 42.7. The summed E-state index contributed by atoms with van der Waals surface area (Å²) >= 11 is 11.7. The van der Waals surface area contributed by atoms with E-state index in [4.69, 9.17) is 32.7 Å². The van der Waals surface area contributed by atoms with E-state index in [-0.39, 0.29) is 45.6 Å². The first-order valence-electron chi connectivity index (χ1n) is 18.8. The lowest BCUT2D eigenvalue weighted by molar-refractivity contribution is -0.141. The number of carboxylic acid groups (broad SMARTS) is 1. The maximum Gasteiger partial charge on any atom is 0.321 e. The number of anilines is 4. The van der Waals surface area contributed by atoms with Crippen LogP contribution < -0.4 is 20.1 Å². The molecule has 0 spiro atoms. The Morgan fingerprint density at radius 1 is 0.717 bits per heavy atom. The van der Waals surface area contributed by atoms with Crippen LogP contribution in [0.3, 0.4) is 0 Å². The summed E-state index contributed by atoms with van der Waals surface area (Å²) in [7, 11) is 7.21. The molecule has 2 aliphatic rings. The van der Waals surface area contributed by atoms with Crippen molar-refractivity contribution in [3.8, 4) is 11.5 Å². The molecule has 6 aromatic rings. The first-order valence-corrected chi connectivity index (χ1v) is 19.6. The van der Waals surface area contributed by atoms with Gasteiger partial charge in [0.1, 0.15) is 54.0 Å². The lowest BCUT2D eigenvalue weighted by Crippen LogP contribution is -2.40. The molecule has 2 saturated heterocycles. The molecule has 2 aliphatic heterocycles. The summed E-state index contributed by atoms with van der Waals surface area (Å²) in [6.45, 7) is 1.19. The Labute approximate surface area is 354 Å². The second-order valence-corrected chi connectivity index (χ2v) is 15.5. The van der Waals surface area contributed by atoms with Crippen LogP contribution in [0, 0.1) is 11.6 Å². The molecule has 18 heteroatoms. The average Bonchev–Trinajstić information content (AvgIpc) is 3.78. The van der Waals surface area contributed by atoms with Crippen molar-refractivity contribution < 1.29 is 33.0 Å². The van der Waals surface area contributed by atoms with Gasteiger partial charge in [0.15, 0.2) is 11.6 Å². The van der Waals surface area contributed by atoms with Gasteiger partial charge in [-0.3, -0.25) is 19.4 Å². The van der Waals surface area contributed by atoms with Crippen molar-refractivity contribution in [2.24, 2.45) is 0 Å². The van der Waals surface area contributed by atoms with E-state index in [2.05, 4.69) is 30.6 Å². The minimum atomic E-state index is -0.853. The predicted octanol–water partition coefficient (Wildman–Crippen LogP) is 7.41. The van der Waals surface area contributed by atoms with E-state index in [0.717, 1.165) is 5.39 Å². The second kappa shape index (κ2) is 18.1. The number of carboxylic acids is 1. The van der Waals surface area contributed by atoms with Crippen LogP contribution in [-0.2, 0) is 9.59 Å². The molecule has 8 rings (SSSR count). The van der Waals surface area contributed by atoms with Gasteiger partial charge in [-0.2, -0.15) is 0 Å². The number of hydrogen-bond donors (Lipinski definition) is 3. The smallest absolute Gasteiger partial charge is 0.321 e. The molecule has 4 heterocycles. The predicted molar refractivity (Wildman–Crippen MR) is 226 cm³/mol. The SMILES string of the molecule is CN(C)C(=O)[C@@H]1C[C@H](Oc2ccc3c(Nc4cccc(Cl)c4F)ncnc3c2)CN1C.CN1C[C@@H](Oc2ccc3c(Nc4cccc(Cl)c4F)ncnc3c2)C[C@H]1C(=O)O. The van der Waals surface area contributed by atoms with Crippen molar-refractivity contribution in [2.45, 2.75) is 37.1 Å². The number of ether oxygens (including phenoxy) is 2. The summed E-state index contributed by atoms with van der Waals surface area (Å²) in [5, 5.41) is 16.6. The van der Waals surface area contributed by atoms with E-state index in [9.17, 15) is 23.5 Å². The third kappa shape index (κ3) is 9.42. The van der Waals surface area contributed by atoms with Crippen molar-refractivity contribution in [2.75, 3.05) is 51.9 Å². The van der Waals surface area contributed by atoms with Crippen molar-refractivity contribution >= 4 is 79.9 Å². The summed E-state index contributed by atoms with van der Waals surface area (Å²) < 4.78 is 40.6. The first-order chi connectivity index (χ1) is 28.7. The van der Waals surface area contributed by atoms with Crippen LogP contribution in [0.4, 0.5) is 31.8 Å². The highest BCUT2D eigenvalue weighted by atomic mass is 35.5. The highest BCUT2D eigenvalue weighted by Crippen LogP contribution is 2.33. The zero-order valence-electron chi connectivity index (χ0n) is 32.9. The Morgan fingerprint density at radius 2 is 1.17 bits per heavy atom. The fourth-order valence-corrected chi connectivity index (χ4v) is 7.56. The number of rotatable bonds is 10. The minimum Gasteiger partial charge on any atom is -0.489 e. The standard InChI is InChI=1S/C22H23ClFN5O2.C20H18ClFN4O3/c1-28(2)22(30)19-10-14(11-29(19)3)31-13-7-8-15-18(9-13)25-12-26-21(15)27-17-6-4-5-16(23)20(17)24;1-26-9-12(8-17(26)20(27)28)29-11-5-6-13-16(7-11)23-10-24-19(13)25-15-4-2-3-14(21)18(15)22/h4-9,12,14,19H,10-11H2,1-3H3,(H,25,26,27);2-7,10,12,17H,8-9H2,1H3,(H,27,28)(H,23,24,25)/t14-,19-;12-,17-/m00/s1. The van der Waals surface area contributed by atoms with Crippen LogP contribution >= 0.6 is 23.2 Å². The van der Waals surface area contributed by atoms with E-state index in [1.807, 2.05) is 30.1 Å². The Morgan fingerprint density at radius 3 is 1.60 bits per heavy atom. The monoisotopic (exact) mass is 859 g/mol. The number of aliphatic carboxylic acids is 1. The van der Waals surface area contributed by atoms with Crippen molar-refractivity contribution in [1.82, 2.24) is 34.6 Å². The van der Waals surface area contributed by atoms with E-state index in [1.54, 1.807) is 73.4 Å². The van der Waals surface area contributed by atoms with Gasteiger partial charge < -0.3 is 30.1 Å². The average molecular weight is 861 g/mol. The van der Waals surface area contributed by atoms with E-state index < -0.39 is 23.6 Å². The van der Waals surface area contributed by atoms with Gasteiger partial charge in [0.05, 0.1) is 38.5 Å². The van der Waals surface area contributed by atoms with Crippen LogP contribution in [0.25, 0.3) is 21.8 Å². The van der Waals surface area contributed by atoms with Crippen molar-refractivity contribution in [3.63, 3.8) is 0 Å². The molecule has 4 aromatic carbocycles. The molecule has 0 aliphatic carbocycles. The van der Waals surface area contributed by atoms with Gasteiger partial charge in [-0.05, 0) is 62.6 Å². The van der Waals surface area contributed by atoms with Crippen molar-refractivity contribution in [3.05, 3.63) is 107 Å². The fraction of sp³-hybridized carbons (Fsp3) is 0.286. The zero-order valence-corrected chi connectivity index (χ0v) is 34.5. The summed E-state index contributed by atoms with van der Waals surface area (Å²) in [5.74, 6) is 0.270. The topological polar surface area (TPSA) is 158 Å². The Kier molecular flexibility index (Phi) is 12.7. The minimum absolute atomic E-state index is 0.0187.